The van der Waals surface area contributed by atoms with Crippen molar-refractivity contribution in [2.45, 2.75) is 76.6 Å². The van der Waals surface area contributed by atoms with Gasteiger partial charge in [-0.3, -0.25) is 29.4 Å². The number of aliphatic carboxylic acids is 1. The monoisotopic (exact) mass is 726 g/mol. The molecule has 0 aliphatic heterocycles. The summed E-state index contributed by atoms with van der Waals surface area (Å²) in [6.07, 6.45) is 2.36. The minimum atomic E-state index is -5.08. The predicted octanol–water partition coefficient (Wildman–Crippen LogP) is 2.21. The number of halogens is 3. The summed E-state index contributed by atoms with van der Waals surface area (Å²) in [6, 6.07) is 2.72. The summed E-state index contributed by atoms with van der Waals surface area (Å²) in [5, 5.41) is 47.0. The second kappa shape index (κ2) is 18.2. The van der Waals surface area contributed by atoms with E-state index in [9.17, 15) is 42.5 Å². The van der Waals surface area contributed by atoms with Crippen LogP contribution in [0.3, 0.4) is 0 Å². The van der Waals surface area contributed by atoms with Crippen LogP contribution in [0.25, 0.3) is 0 Å². The molecule has 23 heteroatoms. The second-order valence-corrected chi connectivity index (χ2v) is 11.4. The smallest absolute Gasteiger partial charge is 0.475 e. The van der Waals surface area contributed by atoms with Gasteiger partial charge in [0, 0.05) is 18.2 Å². The van der Waals surface area contributed by atoms with Crippen molar-refractivity contribution in [1.82, 2.24) is 41.2 Å². The highest BCUT2D eigenvalue weighted by Crippen LogP contribution is 2.26. The number of amides is 4. The highest BCUT2D eigenvalue weighted by molar-refractivity contribution is 6.06. The molecule has 3 aromatic rings. The van der Waals surface area contributed by atoms with Gasteiger partial charge >= 0.3 is 18.0 Å². The number of carboxylic acid groups (broad SMARTS) is 1. The lowest BCUT2D eigenvalue weighted by Crippen LogP contribution is -2.50. The number of nitro groups is 1. The van der Waals surface area contributed by atoms with Crippen LogP contribution in [0.4, 0.5) is 30.6 Å². The Kier molecular flexibility index (Phi) is 14.1. The van der Waals surface area contributed by atoms with Gasteiger partial charge in [0.25, 0.3) is 17.7 Å². The number of hydrogen-bond donors (Lipinski definition) is 9. The van der Waals surface area contributed by atoms with Gasteiger partial charge in [0.1, 0.15) is 17.4 Å². The standard InChI is InChI=1S/C26H36N12O6.C2HF3O2/c1-14(15-7-3-2-4-8-15)28-23(39)16(9-5-6-10-27)29-24(40)17-11-20(35-32-17)30-25(41)18-12-21(36-33-18)31-26(42)19-13-22(37-34-19)38(43)44;3-2(4,5)1(6)7/h11-16H,2-10,27H2,1H3,(H,28,39)(H,29,40)(H,34,37)(H2,30,32,35,41)(H2,31,33,36,42);(H,6,7). The molecule has 3 aromatic heterocycles. The van der Waals surface area contributed by atoms with Crippen molar-refractivity contribution < 1.29 is 47.2 Å². The van der Waals surface area contributed by atoms with Gasteiger partial charge in [0.05, 0.1) is 6.07 Å². The number of aromatic nitrogens is 6. The second-order valence-electron chi connectivity index (χ2n) is 11.4. The zero-order valence-corrected chi connectivity index (χ0v) is 27.1. The number of H-pyrrole nitrogens is 3. The van der Waals surface area contributed by atoms with Crippen LogP contribution in [0.5, 0.6) is 0 Å². The summed E-state index contributed by atoms with van der Waals surface area (Å²) in [6.45, 7) is 2.48. The number of carbonyl (C=O) groups excluding carboxylic acids is 4. The number of unbranched alkanes of at least 4 members (excludes halogenated alkanes) is 1. The van der Waals surface area contributed by atoms with Crippen LogP contribution in [-0.4, -0.2) is 95.0 Å². The Morgan fingerprint density at radius 1 is 0.922 bits per heavy atom. The minimum Gasteiger partial charge on any atom is -0.475 e. The third kappa shape index (κ3) is 12.2. The van der Waals surface area contributed by atoms with E-state index in [1.165, 1.54) is 18.6 Å². The van der Waals surface area contributed by atoms with Crippen molar-refractivity contribution in [2.24, 2.45) is 11.7 Å². The van der Waals surface area contributed by atoms with E-state index in [1.807, 2.05) is 6.92 Å². The number of anilines is 2. The number of nitrogens with two attached hydrogens (primary N) is 1. The van der Waals surface area contributed by atoms with Crippen molar-refractivity contribution >= 4 is 47.1 Å². The number of nitrogens with zero attached hydrogens (tertiary/aromatic N) is 4. The third-order valence-corrected chi connectivity index (χ3v) is 7.66. The molecule has 4 rings (SSSR count). The molecular weight excluding hydrogens is 689 g/mol. The normalized spacial score (nSPS) is 14.3. The van der Waals surface area contributed by atoms with E-state index in [4.69, 9.17) is 15.6 Å². The van der Waals surface area contributed by atoms with Gasteiger partial charge in [0.15, 0.2) is 17.3 Å². The molecule has 0 radical (unpaired) electrons. The number of hydrogen-bond acceptors (Lipinski definition) is 11. The number of nitrogens with one attached hydrogen (secondary N) is 7. The van der Waals surface area contributed by atoms with Gasteiger partial charge in [-0.2, -0.15) is 23.4 Å². The van der Waals surface area contributed by atoms with Crippen LogP contribution >= 0.6 is 0 Å². The minimum absolute atomic E-state index is 0.00579. The molecule has 2 atom stereocenters. The summed E-state index contributed by atoms with van der Waals surface area (Å²) in [5.41, 5.74) is 5.35. The zero-order chi connectivity index (χ0) is 37.7. The fourth-order valence-corrected chi connectivity index (χ4v) is 4.96. The van der Waals surface area contributed by atoms with E-state index in [0.29, 0.717) is 31.7 Å². The van der Waals surface area contributed by atoms with Gasteiger partial charge in [-0.15, -0.1) is 5.10 Å². The number of rotatable bonds is 14. The number of alkyl halides is 3. The maximum atomic E-state index is 13.1. The third-order valence-electron chi connectivity index (χ3n) is 7.66. The lowest BCUT2D eigenvalue weighted by molar-refractivity contribution is -0.389. The maximum Gasteiger partial charge on any atom is 0.490 e. The van der Waals surface area contributed by atoms with Gasteiger partial charge in [-0.1, -0.05) is 24.4 Å². The molecule has 1 saturated carbocycles. The maximum absolute atomic E-state index is 13.1. The molecule has 1 aliphatic rings. The SMILES string of the molecule is CC(NC(=O)C(CCCCN)NC(=O)c1cc(NC(=O)c2cc(NC(=O)c3cc([N+](=O)[O-])[nH]n3)n[nH]2)n[nH]1)C1CCCCC1.O=C(O)C(F)(F)F. The molecular formula is C28H37F3N12O8. The quantitative estimate of drug-likeness (QED) is 0.0656. The van der Waals surface area contributed by atoms with Crippen molar-refractivity contribution in [3.8, 4) is 0 Å². The van der Waals surface area contributed by atoms with E-state index in [0.717, 1.165) is 31.7 Å². The Morgan fingerprint density at radius 3 is 2.02 bits per heavy atom. The average molecular weight is 727 g/mol. The molecule has 4 amide bonds. The number of aromatic amines is 3. The molecule has 10 N–H and O–H groups in total. The fraction of sp³-hybridized carbons (Fsp3) is 0.500. The summed E-state index contributed by atoms with van der Waals surface area (Å²) in [4.78, 5) is 70.0. The van der Waals surface area contributed by atoms with E-state index in [1.54, 1.807) is 0 Å². The number of carbonyl (C=O) groups is 5. The first-order valence-electron chi connectivity index (χ1n) is 15.6. The van der Waals surface area contributed by atoms with Crippen molar-refractivity contribution in [1.29, 1.82) is 0 Å². The highest BCUT2D eigenvalue weighted by Gasteiger charge is 2.38. The fourth-order valence-electron chi connectivity index (χ4n) is 4.96. The molecule has 278 valence electrons. The van der Waals surface area contributed by atoms with E-state index >= 15 is 0 Å². The Labute approximate surface area is 286 Å². The van der Waals surface area contributed by atoms with Crippen LogP contribution in [0, 0.1) is 16.0 Å². The Balaban J connectivity index is 0.000000908. The molecule has 51 heavy (non-hydrogen) atoms. The molecule has 20 nitrogen and oxygen atoms in total. The largest absolute Gasteiger partial charge is 0.490 e. The summed E-state index contributed by atoms with van der Waals surface area (Å²) in [5.74, 6) is -5.10. The molecule has 1 fully saturated rings. The zero-order valence-electron chi connectivity index (χ0n) is 27.1. The van der Waals surface area contributed by atoms with Gasteiger partial charge in [-0.05, 0) is 56.4 Å². The Morgan fingerprint density at radius 2 is 1.49 bits per heavy atom. The molecule has 0 saturated heterocycles. The van der Waals surface area contributed by atoms with Crippen LogP contribution < -0.4 is 27.0 Å². The first-order chi connectivity index (χ1) is 24.1. The van der Waals surface area contributed by atoms with E-state index in [2.05, 4.69) is 51.9 Å². The number of carboxylic acids is 1. The predicted molar refractivity (Wildman–Crippen MR) is 170 cm³/mol. The van der Waals surface area contributed by atoms with Crippen molar-refractivity contribution in [3.63, 3.8) is 0 Å². The van der Waals surface area contributed by atoms with Crippen molar-refractivity contribution in [3.05, 3.63) is 45.4 Å². The Bertz CT molecular complexity index is 1680. The van der Waals surface area contributed by atoms with Crippen LogP contribution in [0.2, 0.25) is 0 Å². The van der Waals surface area contributed by atoms with E-state index in [-0.39, 0.29) is 40.7 Å². The molecule has 0 bridgehead atoms. The first kappa shape index (κ1) is 39.6. The van der Waals surface area contributed by atoms with Gasteiger partial charge in [0.2, 0.25) is 5.91 Å². The lowest BCUT2D eigenvalue weighted by Gasteiger charge is -2.29. The summed E-state index contributed by atoms with van der Waals surface area (Å²) < 4.78 is 31.7. The van der Waals surface area contributed by atoms with Crippen LogP contribution in [0.15, 0.2) is 18.2 Å². The molecule has 0 spiro atoms. The van der Waals surface area contributed by atoms with Crippen LogP contribution in [0.1, 0.15) is 89.8 Å². The van der Waals surface area contributed by atoms with E-state index < -0.39 is 46.7 Å². The van der Waals surface area contributed by atoms with Crippen molar-refractivity contribution in [2.75, 3.05) is 17.2 Å². The summed E-state index contributed by atoms with van der Waals surface area (Å²) in [7, 11) is 0. The summed E-state index contributed by atoms with van der Waals surface area (Å²) >= 11 is 0. The Hall–Kier alpha value is -5.87. The van der Waals surface area contributed by atoms with Gasteiger partial charge in [-0.25, -0.2) is 4.79 Å². The first-order valence-corrected chi connectivity index (χ1v) is 15.6. The topological polar surface area (TPSA) is 309 Å². The van der Waals surface area contributed by atoms with Gasteiger partial charge < -0.3 is 42.2 Å². The molecule has 3 heterocycles. The lowest BCUT2D eigenvalue weighted by atomic mass is 9.84. The highest BCUT2D eigenvalue weighted by atomic mass is 19.4. The molecule has 2 unspecified atom stereocenters. The molecule has 1 aliphatic carbocycles. The molecule has 0 aromatic carbocycles. The average Bonchev–Trinajstić information content (AvgIpc) is 3.86. The van der Waals surface area contributed by atoms with Crippen LogP contribution in [-0.2, 0) is 9.59 Å².